The van der Waals surface area contributed by atoms with E-state index in [1.807, 2.05) is 0 Å². The van der Waals surface area contributed by atoms with Crippen LogP contribution in [-0.4, -0.2) is 42.6 Å². The largest absolute Gasteiger partial charge is 0.496 e. The molecule has 0 bridgehead atoms. The van der Waals surface area contributed by atoms with Gasteiger partial charge in [-0.2, -0.15) is 0 Å². The number of halogens is 2. The van der Waals surface area contributed by atoms with E-state index in [0.29, 0.717) is 37.3 Å². The SMILES string of the molecule is COc1cc(F)c(OC2CCC(C)(C(=O)O)CC2)cc1C(=O)Nc1ccc(Cl)cc1C(=O)NCC1(C)CCC1. The first-order chi connectivity index (χ1) is 18.4. The van der Waals surface area contributed by atoms with E-state index in [0.717, 1.165) is 25.3 Å². The van der Waals surface area contributed by atoms with Gasteiger partial charge < -0.3 is 25.2 Å². The molecule has 2 aromatic carbocycles. The van der Waals surface area contributed by atoms with Crippen LogP contribution in [-0.2, 0) is 4.79 Å². The molecule has 2 amide bonds. The number of carboxylic acids is 1. The fourth-order valence-corrected chi connectivity index (χ4v) is 5.23. The molecule has 2 aromatic rings. The first-order valence-corrected chi connectivity index (χ1v) is 13.5. The number of aliphatic carboxylic acids is 1. The van der Waals surface area contributed by atoms with Gasteiger partial charge in [0.25, 0.3) is 11.8 Å². The molecule has 39 heavy (non-hydrogen) atoms. The van der Waals surface area contributed by atoms with Crippen LogP contribution in [0.1, 0.15) is 79.5 Å². The smallest absolute Gasteiger partial charge is 0.309 e. The molecule has 0 saturated heterocycles. The van der Waals surface area contributed by atoms with Gasteiger partial charge in [0.05, 0.1) is 35.4 Å². The molecule has 0 aliphatic heterocycles. The van der Waals surface area contributed by atoms with Crippen molar-refractivity contribution >= 4 is 35.1 Å². The zero-order valence-corrected chi connectivity index (χ0v) is 23.1. The van der Waals surface area contributed by atoms with Gasteiger partial charge in [-0.15, -0.1) is 0 Å². The van der Waals surface area contributed by atoms with Crippen molar-refractivity contribution in [2.75, 3.05) is 19.0 Å². The maximum absolute atomic E-state index is 14.9. The molecule has 3 N–H and O–H groups in total. The normalized spacial score (nSPS) is 21.8. The van der Waals surface area contributed by atoms with E-state index in [1.54, 1.807) is 13.0 Å². The van der Waals surface area contributed by atoms with Gasteiger partial charge >= 0.3 is 5.97 Å². The summed E-state index contributed by atoms with van der Waals surface area (Å²) in [6.45, 7) is 4.34. The fraction of sp³-hybridized carbons (Fsp3) is 0.483. The summed E-state index contributed by atoms with van der Waals surface area (Å²) in [7, 11) is 1.32. The Labute approximate surface area is 232 Å². The van der Waals surface area contributed by atoms with E-state index >= 15 is 0 Å². The van der Waals surface area contributed by atoms with E-state index in [1.165, 1.54) is 25.3 Å². The number of carbonyl (C=O) groups is 3. The molecule has 2 aliphatic rings. The van der Waals surface area contributed by atoms with Crippen molar-refractivity contribution in [3.63, 3.8) is 0 Å². The topological polar surface area (TPSA) is 114 Å². The molecule has 0 atom stereocenters. The van der Waals surface area contributed by atoms with Crippen LogP contribution in [0, 0.1) is 16.6 Å². The summed E-state index contributed by atoms with van der Waals surface area (Å²) >= 11 is 6.15. The Kier molecular flexibility index (Phi) is 8.39. The number of methoxy groups -OCH3 is 1. The van der Waals surface area contributed by atoms with Crippen LogP contribution < -0.4 is 20.1 Å². The van der Waals surface area contributed by atoms with Crippen LogP contribution in [0.3, 0.4) is 0 Å². The lowest BCUT2D eigenvalue weighted by Gasteiger charge is -2.38. The van der Waals surface area contributed by atoms with E-state index in [-0.39, 0.29) is 45.7 Å². The Morgan fingerprint density at radius 1 is 1.03 bits per heavy atom. The molecule has 0 radical (unpaired) electrons. The van der Waals surface area contributed by atoms with Crippen molar-refractivity contribution in [2.45, 2.75) is 64.9 Å². The Morgan fingerprint density at radius 3 is 2.31 bits per heavy atom. The summed E-state index contributed by atoms with van der Waals surface area (Å²) in [5.41, 5.74) is -0.292. The predicted molar refractivity (Wildman–Crippen MR) is 145 cm³/mol. The molecule has 10 heteroatoms. The molecule has 0 spiro atoms. The van der Waals surface area contributed by atoms with Crippen LogP contribution in [0.2, 0.25) is 5.02 Å². The summed E-state index contributed by atoms with van der Waals surface area (Å²) in [5.74, 6) is -2.68. The standard InChI is InChI=1S/C29H34ClFN2O6/c1-28(9-4-10-28)16-32-25(34)19-13-17(30)5-6-22(19)33-26(35)20-14-24(21(31)15-23(20)38-3)39-18-7-11-29(2,12-8-18)27(36)37/h5-6,13-15,18H,4,7-12,16H2,1-3H3,(H,32,34)(H,33,35)(H,36,37). The monoisotopic (exact) mass is 560 g/mol. The Hall–Kier alpha value is -3.33. The lowest BCUT2D eigenvalue weighted by Crippen LogP contribution is -2.40. The molecule has 0 heterocycles. The second-order valence-corrected chi connectivity index (χ2v) is 11.6. The van der Waals surface area contributed by atoms with Crippen molar-refractivity contribution in [1.82, 2.24) is 5.32 Å². The maximum Gasteiger partial charge on any atom is 0.309 e. The first-order valence-electron chi connectivity index (χ1n) is 13.1. The van der Waals surface area contributed by atoms with Crippen LogP contribution in [0.5, 0.6) is 11.5 Å². The summed E-state index contributed by atoms with van der Waals surface area (Å²) < 4.78 is 26.0. The Bertz CT molecular complexity index is 1270. The third kappa shape index (κ3) is 6.46. The van der Waals surface area contributed by atoms with Crippen LogP contribution in [0.4, 0.5) is 10.1 Å². The number of anilines is 1. The van der Waals surface area contributed by atoms with Crippen LogP contribution in [0.25, 0.3) is 0 Å². The molecular formula is C29H34ClFN2O6. The summed E-state index contributed by atoms with van der Waals surface area (Å²) in [4.78, 5) is 37.9. The minimum atomic E-state index is -0.858. The molecule has 0 unspecified atom stereocenters. The number of amides is 2. The van der Waals surface area contributed by atoms with Crippen LogP contribution >= 0.6 is 11.6 Å². The van der Waals surface area contributed by atoms with Crippen molar-refractivity contribution in [3.8, 4) is 11.5 Å². The molecule has 2 aliphatic carbocycles. The highest BCUT2D eigenvalue weighted by Crippen LogP contribution is 2.40. The number of hydrogen-bond donors (Lipinski definition) is 3. The van der Waals surface area contributed by atoms with Crippen molar-refractivity contribution in [2.24, 2.45) is 10.8 Å². The van der Waals surface area contributed by atoms with E-state index < -0.39 is 23.1 Å². The van der Waals surface area contributed by atoms with Crippen LogP contribution in [0.15, 0.2) is 30.3 Å². The second kappa shape index (κ2) is 11.4. The average molecular weight is 561 g/mol. The van der Waals surface area contributed by atoms with Gasteiger partial charge in [-0.25, -0.2) is 4.39 Å². The Balaban J connectivity index is 1.51. The van der Waals surface area contributed by atoms with Gasteiger partial charge in [0.15, 0.2) is 11.6 Å². The molecule has 210 valence electrons. The summed E-state index contributed by atoms with van der Waals surface area (Å²) in [6, 6.07) is 6.92. The number of benzene rings is 2. The Morgan fingerprint density at radius 2 is 1.72 bits per heavy atom. The number of nitrogens with one attached hydrogen (secondary N) is 2. The third-order valence-electron chi connectivity index (χ3n) is 8.06. The fourth-order valence-electron chi connectivity index (χ4n) is 5.06. The predicted octanol–water partition coefficient (Wildman–Crippen LogP) is 6.07. The quantitative estimate of drug-likeness (QED) is 0.343. The highest BCUT2D eigenvalue weighted by Gasteiger charge is 2.38. The lowest BCUT2D eigenvalue weighted by molar-refractivity contribution is -0.150. The number of hydrogen-bond acceptors (Lipinski definition) is 5. The first kappa shape index (κ1) is 28.7. The second-order valence-electron chi connectivity index (χ2n) is 11.2. The lowest BCUT2D eigenvalue weighted by atomic mass is 9.70. The number of rotatable bonds is 9. The molecule has 0 aromatic heterocycles. The molecular weight excluding hydrogens is 527 g/mol. The van der Waals surface area contributed by atoms with Gasteiger partial charge in [0, 0.05) is 17.6 Å². The number of ether oxygens (including phenoxy) is 2. The molecule has 4 rings (SSSR count). The minimum Gasteiger partial charge on any atom is -0.496 e. The molecule has 2 saturated carbocycles. The highest BCUT2D eigenvalue weighted by atomic mass is 35.5. The van der Waals surface area contributed by atoms with E-state index in [4.69, 9.17) is 21.1 Å². The zero-order chi connectivity index (χ0) is 28.4. The number of carbonyl (C=O) groups excluding carboxylic acids is 2. The summed E-state index contributed by atoms with van der Waals surface area (Å²) in [5, 5.41) is 15.5. The van der Waals surface area contributed by atoms with E-state index in [2.05, 4.69) is 17.6 Å². The van der Waals surface area contributed by atoms with Crippen molar-refractivity contribution in [3.05, 3.63) is 52.3 Å². The zero-order valence-electron chi connectivity index (χ0n) is 22.4. The van der Waals surface area contributed by atoms with Gasteiger partial charge in [-0.3, -0.25) is 14.4 Å². The van der Waals surface area contributed by atoms with Gasteiger partial charge in [0.1, 0.15) is 5.75 Å². The minimum absolute atomic E-state index is 0.00248. The number of carboxylic acid groups (broad SMARTS) is 1. The molecule has 8 nitrogen and oxygen atoms in total. The van der Waals surface area contributed by atoms with Gasteiger partial charge in [0.2, 0.25) is 0 Å². The van der Waals surface area contributed by atoms with Crippen molar-refractivity contribution < 1.29 is 33.4 Å². The third-order valence-corrected chi connectivity index (χ3v) is 8.29. The van der Waals surface area contributed by atoms with Gasteiger partial charge in [-0.05, 0) is 75.1 Å². The average Bonchev–Trinajstić information content (AvgIpc) is 2.89. The summed E-state index contributed by atoms with van der Waals surface area (Å²) in [6.07, 6.45) is 4.52. The highest BCUT2D eigenvalue weighted by molar-refractivity contribution is 6.31. The van der Waals surface area contributed by atoms with E-state index in [9.17, 15) is 23.9 Å². The van der Waals surface area contributed by atoms with Gasteiger partial charge in [-0.1, -0.05) is 24.9 Å². The van der Waals surface area contributed by atoms with Crippen molar-refractivity contribution in [1.29, 1.82) is 0 Å². The molecule has 2 fully saturated rings. The maximum atomic E-state index is 14.9.